The first-order chi connectivity index (χ1) is 11.7. The van der Waals surface area contributed by atoms with Crippen molar-refractivity contribution in [3.8, 4) is 42.1 Å². The summed E-state index contributed by atoms with van der Waals surface area (Å²) in [5.41, 5.74) is 2.22. The van der Waals surface area contributed by atoms with E-state index < -0.39 is 0 Å². The zero-order valence-corrected chi connectivity index (χ0v) is 14.3. The van der Waals surface area contributed by atoms with E-state index in [-0.39, 0.29) is 11.5 Å². The van der Waals surface area contributed by atoms with Crippen molar-refractivity contribution in [2.75, 3.05) is 0 Å². The van der Waals surface area contributed by atoms with E-state index in [1.165, 1.54) is 19.5 Å². The van der Waals surface area contributed by atoms with Gasteiger partial charge in [-0.25, -0.2) is 0 Å². The van der Waals surface area contributed by atoms with Gasteiger partial charge in [-0.1, -0.05) is 0 Å². The van der Waals surface area contributed by atoms with Crippen molar-refractivity contribution in [3.05, 3.63) is 72.8 Å². The van der Waals surface area contributed by atoms with Gasteiger partial charge in [0, 0.05) is 19.5 Å². The molecule has 0 bridgehead atoms. The van der Waals surface area contributed by atoms with Crippen LogP contribution in [0, 0.1) is 0 Å². The molecule has 4 aromatic rings. The fourth-order valence-corrected chi connectivity index (χ4v) is 4.62. The van der Waals surface area contributed by atoms with Crippen LogP contribution in [-0.4, -0.2) is 10.2 Å². The Balaban J connectivity index is 1.63. The molecule has 0 aliphatic carbocycles. The van der Waals surface area contributed by atoms with Crippen LogP contribution in [0.5, 0.6) is 11.5 Å². The third-order valence-electron chi connectivity index (χ3n) is 3.76. The maximum atomic E-state index is 9.40. The predicted octanol–water partition coefficient (Wildman–Crippen LogP) is 6.22. The Morgan fingerprint density at radius 3 is 1.12 bits per heavy atom. The molecule has 0 saturated carbocycles. The van der Waals surface area contributed by atoms with Gasteiger partial charge < -0.3 is 10.2 Å². The summed E-state index contributed by atoms with van der Waals surface area (Å²) >= 11 is 3.49. The molecule has 2 aromatic heterocycles. The monoisotopic (exact) mass is 350 g/mol. The molecule has 4 heteroatoms. The number of hydrogen-bond acceptors (Lipinski definition) is 4. The topological polar surface area (TPSA) is 40.5 Å². The molecule has 4 rings (SSSR count). The summed E-state index contributed by atoms with van der Waals surface area (Å²) in [6.45, 7) is 0. The van der Waals surface area contributed by atoms with Crippen LogP contribution in [0.3, 0.4) is 0 Å². The largest absolute Gasteiger partial charge is 0.508 e. The highest BCUT2D eigenvalue weighted by Gasteiger charge is 2.09. The maximum absolute atomic E-state index is 9.40. The van der Waals surface area contributed by atoms with Crippen molar-refractivity contribution in [1.29, 1.82) is 0 Å². The van der Waals surface area contributed by atoms with Gasteiger partial charge in [0.15, 0.2) is 0 Å². The van der Waals surface area contributed by atoms with Crippen LogP contribution in [0.15, 0.2) is 72.8 Å². The molecule has 0 unspecified atom stereocenters. The van der Waals surface area contributed by atoms with Crippen molar-refractivity contribution in [2.45, 2.75) is 0 Å². The van der Waals surface area contributed by atoms with Crippen molar-refractivity contribution < 1.29 is 10.2 Å². The molecular weight excluding hydrogens is 336 g/mol. The van der Waals surface area contributed by atoms with Crippen molar-refractivity contribution in [3.63, 3.8) is 0 Å². The Morgan fingerprint density at radius 1 is 0.417 bits per heavy atom. The molecular formula is C20H14O2S2. The van der Waals surface area contributed by atoms with Gasteiger partial charge in [0.25, 0.3) is 0 Å². The first-order valence-corrected chi connectivity index (χ1v) is 9.11. The molecule has 2 aromatic carbocycles. The fraction of sp³-hybridized carbons (Fsp3) is 0. The van der Waals surface area contributed by atoms with E-state index in [1.54, 1.807) is 46.9 Å². The maximum Gasteiger partial charge on any atom is 0.115 e. The Kier molecular flexibility index (Phi) is 3.84. The lowest BCUT2D eigenvalue weighted by molar-refractivity contribution is 0.475. The third-order valence-corrected chi connectivity index (χ3v) is 6.22. The van der Waals surface area contributed by atoms with Crippen molar-refractivity contribution >= 4 is 22.7 Å². The lowest BCUT2D eigenvalue weighted by Crippen LogP contribution is -1.70. The Hall–Kier alpha value is -2.56. The van der Waals surface area contributed by atoms with E-state index in [0.29, 0.717) is 0 Å². The first kappa shape index (κ1) is 15.0. The molecule has 118 valence electrons. The molecule has 2 nitrogen and oxygen atoms in total. The van der Waals surface area contributed by atoms with E-state index >= 15 is 0 Å². The highest BCUT2D eigenvalue weighted by molar-refractivity contribution is 7.25. The minimum Gasteiger partial charge on any atom is -0.508 e. The number of phenolic OH excluding ortho intramolecular Hbond substituents is 2. The normalized spacial score (nSPS) is 10.8. The average Bonchev–Trinajstić information content (AvgIpc) is 3.25. The molecule has 0 radical (unpaired) electrons. The lowest BCUT2D eigenvalue weighted by atomic mass is 10.2. The highest BCUT2D eigenvalue weighted by atomic mass is 32.1. The molecule has 0 spiro atoms. The SMILES string of the molecule is Oc1ccc(-c2ccc(-c3ccc(-c4ccc(O)cc4)s3)s2)cc1. The zero-order valence-electron chi connectivity index (χ0n) is 12.6. The van der Waals surface area contributed by atoms with Crippen molar-refractivity contribution in [2.24, 2.45) is 0 Å². The summed E-state index contributed by atoms with van der Waals surface area (Å²) in [5, 5.41) is 18.8. The minimum atomic E-state index is 0.285. The smallest absolute Gasteiger partial charge is 0.115 e. The first-order valence-electron chi connectivity index (χ1n) is 7.48. The number of benzene rings is 2. The third kappa shape index (κ3) is 2.94. The summed E-state index contributed by atoms with van der Waals surface area (Å²) in [6.07, 6.45) is 0. The van der Waals surface area contributed by atoms with E-state index in [0.717, 1.165) is 11.1 Å². The molecule has 0 aliphatic heterocycles. The van der Waals surface area contributed by atoms with Gasteiger partial charge in [0.05, 0.1) is 0 Å². The molecule has 0 saturated heterocycles. The molecule has 0 aliphatic rings. The summed E-state index contributed by atoms with van der Waals surface area (Å²) in [5.74, 6) is 0.569. The van der Waals surface area contributed by atoms with E-state index in [2.05, 4.69) is 24.3 Å². The van der Waals surface area contributed by atoms with Gasteiger partial charge in [0.1, 0.15) is 11.5 Å². The Morgan fingerprint density at radius 2 is 0.750 bits per heavy atom. The minimum absolute atomic E-state index is 0.285. The molecule has 2 heterocycles. The van der Waals surface area contributed by atoms with E-state index in [9.17, 15) is 10.2 Å². The molecule has 0 fully saturated rings. The lowest BCUT2D eigenvalue weighted by Gasteiger charge is -1.98. The van der Waals surface area contributed by atoms with E-state index in [4.69, 9.17) is 0 Å². The average molecular weight is 350 g/mol. The molecule has 24 heavy (non-hydrogen) atoms. The van der Waals surface area contributed by atoms with Gasteiger partial charge >= 0.3 is 0 Å². The fourth-order valence-electron chi connectivity index (χ4n) is 2.50. The summed E-state index contributed by atoms with van der Waals surface area (Å²) in [6, 6.07) is 23.1. The molecule has 0 amide bonds. The van der Waals surface area contributed by atoms with Gasteiger partial charge in [-0.3, -0.25) is 0 Å². The highest BCUT2D eigenvalue weighted by Crippen LogP contribution is 2.40. The number of phenols is 2. The van der Waals surface area contributed by atoms with Crippen LogP contribution in [-0.2, 0) is 0 Å². The van der Waals surface area contributed by atoms with Crippen molar-refractivity contribution in [1.82, 2.24) is 0 Å². The summed E-state index contributed by atoms with van der Waals surface area (Å²) in [4.78, 5) is 4.83. The van der Waals surface area contributed by atoms with Crippen LogP contribution in [0.4, 0.5) is 0 Å². The van der Waals surface area contributed by atoms with Gasteiger partial charge in [0.2, 0.25) is 0 Å². The molecule has 0 atom stereocenters. The quantitative estimate of drug-likeness (QED) is 0.460. The van der Waals surface area contributed by atoms with Crippen LogP contribution >= 0.6 is 22.7 Å². The van der Waals surface area contributed by atoms with Gasteiger partial charge in [-0.05, 0) is 83.9 Å². The Labute approximate surface area is 147 Å². The second-order valence-electron chi connectivity index (χ2n) is 5.42. The summed E-state index contributed by atoms with van der Waals surface area (Å²) in [7, 11) is 0. The number of rotatable bonds is 3. The number of aromatic hydroxyl groups is 2. The van der Waals surface area contributed by atoms with Crippen LogP contribution < -0.4 is 0 Å². The van der Waals surface area contributed by atoms with Crippen LogP contribution in [0.2, 0.25) is 0 Å². The second kappa shape index (κ2) is 6.15. The van der Waals surface area contributed by atoms with Crippen LogP contribution in [0.1, 0.15) is 0 Å². The number of thiophene rings is 2. The van der Waals surface area contributed by atoms with Gasteiger partial charge in [-0.15, -0.1) is 22.7 Å². The second-order valence-corrected chi connectivity index (χ2v) is 7.59. The standard InChI is InChI=1S/C20H14O2S2/c21-15-5-1-13(2-6-15)17-9-11-19(23-17)20-12-10-18(24-20)14-3-7-16(22)8-4-14/h1-12,21-22H. The van der Waals surface area contributed by atoms with Gasteiger partial charge in [-0.2, -0.15) is 0 Å². The Bertz CT molecular complexity index is 882. The zero-order chi connectivity index (χ0) is 16.5. The summed E-state index contributed by atoms with van der Waals surface area (Å²) < 4.78 is 0. The predicted molar refractivity (Wildman–Crippen MR) is 102 cm³/mol. The number of hydrogen-bond donors (Lipinski definition) is 2. The van der Waals surface area contributed by atoms with E-state index in [1.807, 2.05) is 24.3 Å². The molecule has 2 N–H and O–H groups in total. The van der Waals surface area contributed by atoms with Crippen LogP contribution in [0.25, 0.3) is 30.6 Å².